The molecule has 1 atom stereocenters. The quantitative estimate of drug-likeness (QED) is 0.682. The van der Waals surface area contributed by atoms with Gasteiger partial charge in [-0.15, -0.1) is 9.78 Å². The number of urea groups is 1. The smallest absolute Gasteiger partial charge is 0.270 e. The van der Waals surface area contributed by atoms with E-state index in [0.717, 1.165) is 11.4 Å². The fourth-order valence-corrected chi connectivity index (χ4v) is 4.05. The maximum atomic E-state index is 13.3. The van der Waals surface area contributed by atoms with Gasteiger partial charge in [0, 0.05) is 17.1 Å². The van der Waals surface area contributed by atoms with Crippen LogP contribution in [0.15, 0.2) is 29.3 Å². The number of rotatable bonds is 2. The van der Waals surface area contributed by atoms with E-state index in [0.29, 0.717) is 27.4 Å². The number of carbonyl (C=O) groups is 2. The van der Waals surface area contributed by atoms with Crippen molar-refractivity contribution in [3.8, 4) is 0 Å². The highest BCUT2D eigenvalue weighted by atomic mass is 35.5. The zero-order chi connectivity index (χ0) is 21.0. The van der Waals surface area contributed by atoms with Gasteiger partial charge >= 0.3 is 12.0 Å². The Kier molecular flexibility index (Phi) is 4.71. The van der Waals surface area contributed by atoms with Crippen molar-refractivity contribution in [2.24, 2.45) is 4.99 Å². The normalized spacial score (nSPS) is 19.2. The number of fused-ring (bicyclic) bond motifs is 1. The highest BCUT2D eigenvalue weighted by Crippen LogP contribution is 2.26. The summed E-state index contributed by atoms with van der Waals surface area (Å²) in [6.45, 7) is 3.84. The van der Waals surface area contributed by atoms with Crippen LogP contribution in [0.2, 0.25) is 10.0 Å². The summed E-state index contributed by atoms with van der Waals surface area (Å²) >= 11 is 12.2. The van der Waals surface area contributed by atoms with Crippen molar-refractivity contribution in [1.29, 1.82) is 0 Å². The minimum Gasteiger partial charge on any atom is -0.270 e. The third-order valence-corrected chi connectivity index (χ3v) is 5.65. The van der Waals surface area contributed by atoms with Crippen molar-refractivity contribution in [1.82, 2.24) is 19.6 Å². The number of aryl methyl sites for hydroxylation is 2. The molecule has 0 saturated carbocycles. The number of carbonyl (C=O) groups excluding carboxylic acids is 2. The maximum absolute atomic E-state index is 13.3. The molecule has 0 N–H and O–H groups in total. The van der Waals surface area contributed by atoms with Crippen molar-refractivity contribution in [2.45, 2.75) is 26.4 Å². The standard InChI is InChI=1S/C19H19Cl2N6O2/c1-10-7-11(2)27(23-10)18-22-16-15(24(18)3)17(28)26(19(29)25(16)4)9-12-5-6-13(20)8-14(12)21/h5-8,15H,9H2,1-4H3/q+1. The first kappa shape index (κ1) is 19.6. The number of aliphatic imine (C=N–C) groups is 1. The second kappa shape index (κ2) is 6.96. The maximum Gasteiger partial charge on any atom is 0.421 e. The zero-order valence-corrected chi connectivity index (χ0v) is 17.9. The van der Waals surface area contributed by atoms with Gasteiger partial charge < -0.3 is 0 Å². The second-order valence-corrected chi connectivity index (χ2v) is 7.97. The first-order valence-corrected chi connectivity index (χ1v) is 9.69. The van der Waals surface area contributed by atoms with E-state index in [1.165, 1.54) is 9.80 Å². The van der Waals surface area contributed by atoms with E-state index in [1.807, 2.05) is 19.9 Å². The number of amides is 3. The molecule has 2 aliphatic rings. The molecular weight excluding hydrogens is 415 g/mol. The van der Waals surface area contributed by atoms with Crippen LogP contribution in [0.4, 0.5) is 4.79 Å². The van der Waals surface area contributed by atoms with Crippen LogP contribution >= 0.6 is 23.2 Å². The molecule has 1 fully saturated rings. The lowest BCUT2D eigenvalue weighted by Gasteiger charge is -2.33. The number of hydrogen-bond acceptors (Lipinski definition) is 4. The monoisotopic (exact) mass is 433 g/mol. The number of imide groups is 1. The fourth-order valence-electron chi connectivity index (χ4n) is 3.58. The SMILES string of the molecule is Cc1cc(C)n(C2=[N+](C)C3C(=O)N(Cc4ccc(Cl)cc4Cl)C(=O)N(C)C3=N2)n1. The lowest BCUT2D eigenvalue weighted by atomic mass is 10.1. The Labute approximate surface area is 177 Å². The topological polar surface area (TPSA) is 73.8 Å². The average Bonchev–Trinajstić information content (AvgIpc) is 3.17. The lowest BCUT2D eigenvalue weighted by molar-refractivity contribution is -0.507. The van der Waals surface area contributed by atoms with Crippen molar-refractivity contribution < 1.29 is 14.2 Å². The highest BCUT2D eigenvalue weighted by Gasteiger charge is 2.52. The largest absolute Gasteiger partial charge is 0.421 e. The van der Waals surface area contributed by atoms with Gasteiger partial charge in [0.25, 0.3) is 5.91 Å². The van der Waals surface area contributed by atoms with Crippen LogP contribution in [0.5, 0.6) is 0 Å². The van der Waals surface area contributed by atoms with Crippen LogP contribution in [-0.4, -0.2) is 68.0 Å². The van der Waals surface area contributed by atoms with Gasteiger partial charge in [0.1, 0.15) is 5.69 Å². The minimum atomic E-state index is -0.720. The summed E-state index contributed by atoms with van der Waals surface area (Å²) in [4.78, 5) is 33.3. The van der Waals surface area contributed by atoms with E-state index in [-0.39, 0.29) is 12.5 Å². The van der Waals surface area contributed by atoms with Crippen LogP contribution in [0.1, 0.15) is 17.0 Å². The molecule has 1 unspecified atom stereocenters. The molecule has 150 valence electrons. The summed E-state index contributed by atoms with van der Waals surface area (Å²) < 4.78 is 3.41. The molecule has 1 aromatic heterocycles. The zero-order valence-electron chi connectivity index (χ0n) is 16.3. The van der Waals surface area contributed by atoms with Crippen molar-refractivity contribution in [3.63, 3.8) is 0 Å². The summed E-state index contributed by atoms with van der Waals surface area (Å²) in [5.41, 5.74) is 2.36. The molecule has 0 spiro atoms. The van der Waals surface area contributed by atoms with E-state index >= 15 is 0 Å². The molecular formula is C19H19Cl2N6O2+. The number of nitrogens with zero attached hydrogens (tertiary/aromatic N) is 6. The molecule has 2 aliphatic heterocycles. The van der Waals surface area contributed by atoms with Crippen molar-refractivity contribution in [2.75, 3.05) is 14.1 Å². The third-order valence-electron chi connectivity index (χ3n) is 5.07. The van der Waals surface area contributed by atoms with Gasteiger partial charge in [-0.3, -0.25) is 14.6 Å². The average molecular weight is 434 g/mol. The Morgan fingerprint density at radius 2 is 1.90 bits per heavy atom. The Morgan fingerprint density at radius 1 is 1.17 bits per heavy atom. The highest BCUT2D eigenvalue weighted by molar-refractivity contribution is 6.35. The number of benzene rings is 1. The Bertz CT molecular complexity index is 1120. The predicted molar refractivity (Wildman–Crippen MR) is 110 cm³/mol. The molecule has 1 aromatic carbocycles. The van der Waals surface area contributed by atoms with Gasteiger partial charge in [-0.25, -0.2) is 9.37 Å². The summed E-state index contributed by atoms with van der Waals surface area (Å²) in [6.07, 6.45) is 0. The number of amidine groups is 1. The molecule has 1 saturated heterocycles. The molecule has 4 rings (SSSR count). The van der Waals surface area contributed by atoms with Gasteiger partial charge in [-0.2, -0.15) is 0 Å². The van der Waals surface area contributed by atoms with E-state index < -0.39 is 12.1 Å². The van der Waals surface area contributed by atoms with Crippen LogP contribution in [-0.2, 0) is 11.3 Å². The number of hydrogen-bond donors (Lipinski definition) is 0. The van der Waals surface area contributed by atoms with Gasteiger partial charge in [-0.1, -0.05) is 34.3 Å². The number of halogens is 2. The molecule has 0 radical (unpaired) electrons. The summed E-state index contributed by atoms with van der Waals surface area (Å²) in [5.74, 6) is 0.510. The van der Waals surface area contributed by atoms with Gasteiger partial charge in [-0.05, 0) is 37.6 Å². The Balaban J connectivity index is 1.72. The minimum absolute atomic E-state index is 0.0465. The molecule has 8 nitrogen and oxygen atoms in total. The van der Waals surface area contributed by atoms with E-state index in [4.69, 9.17) is 23.2 Å². The van der Waals surface area contributed by atoms with Gasteiger partial charge in [0.05, 0.1) is 19.3 Å². The molecule has 3 heterocycles. The summed E-state index contributed by atoms with van der Waals surface area (Å²) in [6, 6.07) is 5.72. The number of aromatic nitrogens is 2. The van der Waals surface area contributed by atoms with Gasteiger partial charge in [0.15, 0.2) is 0 Å². The first-order valence-electron chi connectivity index (χ1n) is 8.94. The Hall–Kier alpha value is -2.71. The predicted octanol–water partition coefficient (Wildman–Crippen LogP) is 2.53. The molecule has 0 aliphatic carbocycles. The molecule has 10 heteroatoms. The van der Waals surface area contributed by atoms with E-state index in [9.17, 15) is 9.59 Å². The molecule has 3 amide bonds. The molecule has 2 aromatic rings. The Morgan fingerprint density at radius 3 is 2.52 bits per heavy atom. The lowest BCUT2D eigenvalue weighted by Crippen LogP contribution is -2.62. The first-order chi connectivity index (χ1) is 13.7. The van der Waals surface area contributed by atoms with Crippen LogP contribution in [0, 0.1) is 13.8 Å². The van der Waals surface area contributed by atoms with Gasteiger partial charge in [0.2, 0.25) is 11.9 Å². The van der Waals surface area contributed by atoms with Crippen LogP contribution < -0.4 is 0 Å². The molecule has 29 heavy (non-hydrogen) atoms. The second-order valence-electron chi connectivity index (χ2n) is 7.12. The van der Waals surface area contributed by atoms with E-state index in [1.54, 1.807) is 41.6 Å². The summed E-state index contributed by atoms with van der Waals surface area (Å²) in [7, 11) is 3.37. The third kappa shape index (κ3) is 3.12. The fraction of sp³-hybridized carbons (Fsp3) is 0.316. The number of likely N-dealkylation sites (N-methyl/N-ethyl adjacent to an activating group) is 2. The van der Waals surface area contributed by atoms with Crippen LogP contribution in [0.25, 0.3) is 0 Å². The van der Waals surface area contributed by atoms with Crippen molar-refractivity contribution in [3.05, 3.63) is 51.3 Å². The molecule has 0 bridgehead atoms. The van der Waals surface area contributed by atoms with Crippen LogP contribution in [0.3, 0.4) is 0 Å². The summed E-state index contributed by atoms with van der Waals surface area (Å²) in [5, 5.41) is 5.33. The van der Waals surface area contributed by atoms with E-state index in [2.05, 4.69) is 10.1 Å². The van der Waals surface area contributed by atoms with Crippen molar-refractivity contribution >= 4 is 46.9 Å².